The van der Waals surface area contributed by atoms with E-state index in [1.165, 1.54) is 12.1 Å². The molecule has 1 aromatic carbocycles. The van der Waals surface area contributed by atoms with E-state index in [4.69, 9.17) is 5.11 Å². The maximum atomic E-state index is 12.4. The second-order valence-electron chi connectivity index (χ2n) is 4.89. The summed E-state index contributed by atoms with van der Waals surface area (Å²) in [6.45, 7) is 3.52. The van der Waals surface area contributed by atoms with E-state index in [0.717, 1.165) is 12.1 Å². The molecule has 1 aromatic rings. The van der Waals surface area contributed by atoms with Gasteiger partial charge in [0, 0.05) is 12.6 Å². The number of amides is 1. The topological polar surface area (TPSA) is 49.3 Å². The van der Waals surface area contributed by atoms with Gasteiger partial charge in [0.05, 0.1) is 12.0 Å². The first-order valence-electron chi connectivity index (χ1n) is 6.30. The highest BCUT2D eigenvalue weighted by Gasteiger charge is 2.30. The van der Waals surface area contributed by atoms with Crippen molar-refractivity contribution in [2.45, 2.75) is 32.5 Å². The Kier molecular flexibility index (Phi) is 5.56. The molecule has 0 saturated carbocycles. The number of halogens is 3. The van der Waals surface area contributed by atoms with Gasteiger partial charge in [-0.25, -0.2) is 0 Å². The molecule has 2 atom stereocenters. The van der Waals surface area contributed by atoms with E-state index in [-0.39, 0.29) is 30.9 Å². The van der Waals surface area contributed by atoms with Crippen LogP contribution < -0.4 is 5.32 Å². The Morgan fingerprint density at radius 2 is 1.80 bits per heavy atom. The van der Waals surface area contributed by atoms with E-state index in [9.17, 15) is 18.0 Å². The first-order valence-corrected chi connectivity index (χ1v) is 6.30. The average Bonchev–Trinajstić information content (AvgIpc) is 2.37. The van der Waals surface area contributed by atoms with Crippen LogP contribution in [-0.4, -0.2) is 23.7 Å². The molecule has 2 unspecified atom stereocenters. The summed E-state index contributed by atoms with van der Waals surface area (Å²) in [5.74, 6) is -0.357. The van der Waals surface area contributed by atoms with Gasteiger partial charge in [0.15, 0.2) is 0 Å². The predicted molar refractivity (Wildman–Crippen MR) is 69.0 cm³/mol. The molecule has 0 aliphatic rings. The quantitative estimate of drug-likeness (QED) is 0.874. The Morgan fingerprint density at radius 1 is 1.25 bits per heavy atom. The van der Waals surface area contributed by atoms with E-state index in [0.29, 0.717) is 5.56 Å². The van der Waals surface area contributed by atoms with Gasteiger partial charge in [-0.1, -0.05) is 19.1 Å². The van der Waals surface area contributed by atoms with Gasteiger partial charge in [0.1, 0.15) is 0 Å². The highest BCUT2D eigenvalue weighted by Crippen LogP contribution is 2.29. The Hall–Kier alpha value is -1.56. The molecule has 0 aliphatic heterocycles. The van der Waals surface area contributed by atoms with Gasteiger partial charge in [-0.2, -0.15) is 13.2 Å². The van der Waals surface area contributed by atoms with Crippen LogP contribution in [0.5, 0.6) is 0 Å². The van der Waals surface area contributed by atoms with E-state index in [1.807, 2.05) is 0 Å². The van der Waals surface area contributed by atoms with Crippen LogP contribution in [0.2, 0.25) is 0 Å². The largest absolute Gasteiger partial charge is 0.416 e. The zero-order valence-corrected chi connectivity index (χ0v) is 11.4. The fourth-order valence-electron chi connectivity index (χ4n) is 1.60. The van der Waals surface area contributed by atoms with Crippen molar-refractivity contribution < 1.29 is 23.1 Å². The summed E-state index contributed by atoms with van der Waals surface area (Å²) in [5.41, 5.74) is -0.219. The monoisotopic (exact) mass is 289 g/mol. The van der Waals surface area contributed by atoms with Crippen molar-refractivity contribution in [3.8, 4) is 0 Å². The zero-order chi connectivity index (χ0) is 15.3. The lowest BCUT2D eigenvalue weighted by atomic mass is 10.0. The SMILES string of the molecule is CC(CO)C(C)NC(=O)Cc1ccc(C(F)(F)F)cc1. The minimum absolute atomic E-state index is 0.0145. The van der Waals surface area contributed by atoms with Crippen molar-refractivity contribution in [1.29, 1.82) is 0 Å². The Morgan fingerprint density at radius 3 is 2.25 bits per heavy atom. The number of hydrogen-bond acceptors (Lipinski definition) is 2. The standard InChI is InChI=1S/C14H18F3NO2/c1-9(8-19)10(2)18-13(20)7-11-3-5-12(6-4-11)14(15,16)17/h3-6,9-10,19H,7-8H2,1-2H3,(H,18,20). The minimum Gasteiger partial charge on any atom is -0.396 e. The molecule has 3 nitrogen and oxygen atoms in total. The molecule has 0 heterocycles. The number of benzene rings is 1. The fraction of sp³-hybridized carbons (Fsp3) is 0.500. The van der Waals surface area contributed by atoms with Crippen LogP contribution in [0.1, 0.15) is 25.0 Å². The number of nitrogens with one attached hydrogen (secondary N) is 1. The van der Waals surface area contributed by atoms with Crippen LogP contribution >= 0.6 is 0 Å². The third-order valence-corrected chi connectivity index (χ3v) is 3.18. The minimum atomic E-state index is -4.37. The first kappa shape index (κ1) is 16.5. The maximum absolute atomic E-state index is 12.4. The predicted octanol–water partition coefficient (Wildman–Crippen LogP) is 2.38. The lowest BCUT2D eigenvalue weighted by Crippen LogP contribution is -2.39. The molecule has 112 valence electrons. The van der Waals surface area contributed by atoms with Gasteiger partial charge >= 0.3 is 6.18 Å². The van der Waals surface area contributed by atoms with Crippen LogP contribution in [0, 0.1) is 5.92 Å². The summed E-state index contributed by atoms with van der Waals surface area (Å²) >= 11 is 0. The average molecular weight is 289 g/mol. The summed E-state index contributed by atoms with van der Waals surface area (Å²) in [7, 11) is 0. The number of alkyl halides is 3. The van der Waals surface area contributed by atoms with Gasteiger partial charge in [0.25, 0.3) is 0 Å². The number of rotatable bonds is 5. The van der Waals surface area contributed by atoms with Gasteiger partial charge in [-0.05, 0) is 30.5 Å². The number of aliphatic hydroxyl groups excluding tert-OH is 1. The molecule has 0 aromatic heterocycles. The smallest absolute Gasteiger partial charge is 0.396 e. The second-order valence-corrected chi connectivity index (χ2v) is 4.89. The van der Waals surface area contributed by atoms with E-state index >= 15 is 0 Å². The van der Waals surface area contributed by atoms with Gasteiger partial charge in [-0.15, -0.1) is 0 Å². The molecule has 0 bridgehead atoms. The summed E-state index contributed by atoms with van der Waals surface area (Å²) in [4.78, 5) is 11.7. The lowest BCUT2D eigenvalue weighted by molar-refractivity contribution is -0.137. The first-order chi connectivity index (χ1) is 9.24. The van der Waals surface area contributed by atoms with Gasteiger partial charge in [-0.3, -0.25) is 4.79 Å². The summed E-state index contributed by atoms with van der Waals surface area (Å²) in [6.07, 6.45) is -4.35. The molecule has 0 radical (unpaired) electrons. The fourth-order valence-corrected chi connectivity index (χ4v) is 1.60. The van der Waals surface area contributed by atoms with Gasteiger partial charge < -0.3 is 10.4 Å². The van der Waals surface area contributed by atoms with Crippen molar-refractivity contribution in [3.63, 3.8) is 0 Å². The van der Waals surface area contributed by atoms with Crippen molar-refractivity contribution in [3.05, 3.63) is 35.4 Å². The number of carbonyl (C=O) groups excluding carboxylic acids is 1. The van der Waals surface area contributed by atoms with E-state index in [2.05, 4.69) is 5.32 Å². The summed E-state index contributed by atoms with van der Waals surface area (Å²) in [6, 6.07) is 4.32. The molecular formula is C14H18F3NO2. The number of aliphatic hydroxyl groups is 1. The van der Waals surface area contributed by atoms with Crippen molar-refractivity contribution in [2.75, 3.05) is 6.61 Å². The number of hydrogen-bond donors (Lipinski definition) is 2. The zero-order valence-electron chi connectivity index (χ0n) is 11.4. The highest BCUT2D eigenvalue weighted by atomic mass is 19.4. The molecule has 1 rings (SSSR count). The Labute approximate surface area is 115 Å². The second kappa shape index (κ2) is 6.74. The highest BCUT2D eigenvalue weighted by molar-refractivity contribution is 5.78. The van der Waals surface area contributed by atoms with Crippen LogP contribution in [0.25, 0.3) is 0 Å². The third kappa shape index (κ3) is 4.85. The van der Waals surface area contributed by atoms with Crippen LogP contribution in [0.4, 0.5) is 13.2 Å². The van der Waals surface area contributed by atoms with E-state index in [1.54, 1.807) is 13.8 Å². The molecular weight excluding hydrogens is 271 g/mol. The molecule has 0 spiro atoms. The van der Waals surface area contributed by atoms with E-state index < -0.39 is 11.7 Å². The van der Waals surface area contributed by atoms with Crippen molar-refractivity contribution in [1.82, 2.24) is 5.32 Å². The van der Waals surface area contributed by atoms with Crippen molar-refractivity contribution >= 4 is 5.91 Å². The van der Waals surface area contributed by atoms with Crippen LogP contribution in [-0.2, 0) is 17.4 Å². The Balaban J connectivity index is 2.59. The summed E-state index contributed by atoms with van der Waals surface area (Å²) < 4.78 is 37.1. The summed E-state index contributed by atoms with van der Waals surface area (Å²) in [5, 5.41) is 11.7. The van der Waals surface area contributed by atoms with Crippen molar-refractivity contribution in [2.24, 2.45) is 5.92 Å². The molecule has 0 saturated heterocycles. The normalized spacial score (nSPS) is 14.7. The molecule has 2 N–H and O–H groups in total. The Bertz CT molecular complexity index is 443. The molecule has 20 heavy (non-hydrogen) atoms. The maximum Gasteiger partial charge on any atom is 0.416 e. The molecule has 1 amide bonds. The van der Waals surface area contributed by atoms with Gasteiger partial charge in [0.2, 0.25) is 5.91 Å². The molecule has 6 heteroatoms. The molecule has 0 aliphatic carbocycles. The molecule has 0 fully saturated rings. The van der Waals surface area contributed by atoms with Crippen LogP contribution in [0.3, 0.4) is 0 Å². The number of carbonyl (C=O) groups is 1. The lowest BCUT2D eigenvalue weighted by Gasteiger charge is -2.19. The van der Waals surface area contributed by atoms with Crippen LogP contribution in [0.15, 0.2) is 24.3 Å². The third-order valence-electron chi connectivity index (χ3n) is 3.18.